The predicted molar refractivity (Wildman–Crippen MR) is 110 cm³/mol. The van der Waals surface area contributed by atoms with Gasteiger partial charge in [0.1, 0.15) is 0 Å². The van der Waals surface area contributed by atoms with Gasteiger partial charge in [0.2, 0.25) is 0 Å². The molecule has 0 saturated carbocycles. The van der Waals surface area contributed by atoms with Gasteiger partial charge in [-0.1, -0.05) is 12.1 Å². The number of rotatable bonds is 6. The minimum absolute atomic E-state index is 0.119. The zero-order valence-electron chi connectivity index (χ0n) is 14.3. The summed E-state index contributed by atoms with van der Waals surface area (Å²) in [6, 6.07) is 15.3. The number of thiazole rings is 1. The smallest absolute Gasteiger partial charge is 0.256 e. The van der Waals surface area contributed by atoms with E-state index in [0.717, 1.165) is 27.7 Å². The van der Waals surface area contributed by atoms with Gasteiger partial charge < -0.3 is 9.88 Å². The van der Waals surface area contributed by atoms with Gasteiger partial charge in [-0.15, -0.1) is 23.1 Å². The topological polar surface area (TPSA) is 59.8 Å². The molecule has 0 aliphatic rings. The summed E-state index contributed by atoms with van der Waals surface area (Å²) < 4.78 is 1.91. The number of aromatic nitrogens is 3. The number of carbonyl (C=O) groups is 1. The van der Waals surface area contributed by atoms with Crippen molar-refractivity contribution >= 4 is 34.7 Å². The molecule has 134 valence electrons. The van der Waals surface area contributed by atoms with Crippen LogP contribution < -0.4 is 5.32 Å². The van der Waals surface area contributed by atoms with Crippen LogP contribution >= 0.6 is 23.1 Å². The Morgan fingerprint density at radius 3 is 2.74 bits per heavy atom. The third-order valence-corrected chi connectivity index (χ3v) is 5.66. The van der Waals surface area contributed by atoms with Crippen molar-refractivity contribution in [3.63, 3.8) is 0 Å². The first kappa shape index (κ1) is 17.5. The lowest BCUT2D eigenvalue weighted by Gasteiger charge is -2.10. The molecule has 0 aliphatic heterocycles. The Balaban J connectivity index is 1.46. The van der Waals surface area contributed by atoms with E-state index in [1.807, 2.05) is 70.2 Å². The number of amides is 1. The molecular formula is C20H16N4OS2. The number of hydrogen-bond acceptors (Lipinski definition) is 5. The number of anilines is 1. The molecule has 1 N–H and O–H groups in total. The maximum atomic E-state index is 12.8. The minimum Gasteiger partial charge on any atom is -0.322 e. The third kappa shape index (κ3) is 4.27. The van der Waals surface area contributed by atoms with E-state index in [-0.39, 0.29) is 5.91 Å². The van der Waals surface area contributed by atoms with E-state index < -0.39 is 0 Å². The summed E-state index contributed by atoms with van der Waals surface area (Å²) in [7, 11) is 0. The number of benzene rings is 2. The standard InChI is InChI=1S/C20H16N4OS2/c25-20(23-15-5-7-17(8-6-15)24-10-9-21-13-24)18-3-1-2-4-19(18)27-12-16-11-26-14-22-16/h1-11,13-14H,12H2,(H,23,25). The Bertz CT molecular complexity index is 1010. The van der Waals surface area contributed by atoms with Gasteiger partial charge >= 0.3 is 0 Å². The van der Waals surface area contributed by atoms with Crippen LogP contribution in [0.5, 0.6) is 0 Å². The van der Waals surface area contributed by atoms with Gasteiger partial charge in [0.05, 0.1) is 23.1 Å². The molecule has 2 aromatic heterocycles. The van der Waals surface area contributed by atoms with Crippen LogP contribution in [0.15, 0.2) is 83.0 Å². The highest BCUT2D eigenvalue weighted by Crippen LogP contribution is 2.27. The summed E-state index contributed by atoms with van der Waals surface area (Å²) in [4.78, 5) is 22.0. The van der Waals surface area contributed by atoms with Crippen molar-refractivity contribution in [1.29, 1.82) is 0 Å². The molecule has 0 aliphatic carbocycles. The summed E-state index contributed by atoms with van der Waals surface area (Å²) in [6.45, 7) is 0. The summed E-state index contributed by atoms with van der Waals surface area (Å²) in [5.41, 5.74) is 5.25. The second-order valence-electron chi connectivity index (χ2n) is 5.74. The van der Waals surface area contributed by atoms with Crippen molar-refractivity contribution in [1.82, 2.24) is 14.5 Å². The largest absolute Gasteiger partial charge is 0.322 e. The Kier molecular flexibility index (Phi) is 5.32. The van der Waals surface area contributed by atoms with Crippen LogP contribution in [0.4, 0.5) is 5.69 Å². The van der Waals surface area contributed by atoms with Gasteiger partial charge in [0, 0.05) is 39.8 Å². The maximum Gasteiger partial charge on any atom is 0.256 e. The second kappa shape index (κ2) is 8.20. The fourth-order valence-electron chi connectivity index (χ4n) is 2.57. The number of carbonyl (C=O) groups excluding carboxylic acids is 1. The van der Waals surface area contributed by atoms with E-state index in [2.05, 4.69) is 15.3 Å². The van der Waals surface area contributed by atoms with Crippen molar-refractivity contribution in [2.45, 2.75) is 10.6 Å². The molecule has 0 atom stereocenters. The fraction of sp³-hybridized carbons (Fsp3) is 0.0500. The highest BCUT2D eigenvalue weighted by atomic mass is 32.2. The van der Waals surface area contributed by atoms with E-state index in [4.69, 9.17) is 0 Å². The molecule has 5 nitrogen and oxygen atoms in total. The van der Waals surface area contributed by atoms with E-state index in [0.29, 0.717) is 5.56 Å². The van der Waals surface area contributed by atoms with Crippen molar-refractivity contribution in [3.05, 3.63) is 89.4 Å². The summed E-state index contributed by atoms with van der Waals surface area (Å²) >= 11 is 3.20. The normalized spacial score (nSPS) is 10.7. The highest BCUT2D eigenvalue weighted by Gasteiger charge is 2.12. The van der Waals surface area contributed by atoms with Crippen LogP contribution in [-0.2, 0) is 5.75 Å². The van der Waals surface area contributed by atoms with E-state index >= 15 is 0 Å². The molecule has 0 unspecified atom stereocenters. The van der Waals surface area contributed by atoms with Crippen LogP contribution in [0.3, 0.4) is 0 Å². The van der Waals surface area contributed by atoms with Gasteiger partial charge in [0.15, 0.2) is 0 Å². The lowest BCUT2D eigenvalue weighted by molar-refractivity contribution is 0.102. The zero-order chi connectivity index (χ0) is 18.5. The van der Waals surface area contributed by atoms with Gasteiger partial charge in [-0.3, -0.25) is 4.79 Å². The summed E-state index contributed by atoms with van der Waals surface area (Å²) in [6.07, 6.45) is 5.35. The third-order valence-electron chi connectivity index (χ3n) is 3.92. The summed E-state index contributed by atoms with van der Waals surface area (Å²) in [5.74, 6) is 0.625. The Labute approximate surface area is 165 Å². The van der Waals surface area contributed by atoms with E-state index in [9.17, 15) is 4.79 Å². The predicted octanol–water partition coefficient (Wildman–Crippen LogP) is 4.87. The van der Waals surface area contributed by atoms with Crippen LogP contribution in [0.1, 0.15) is 16.1 Å². The number of nitrogens with zero attached hydrogens (tertiary/aromatic N) is 3. The number of hydrogen-bond donors (Lipinski definition) is 1. The maximum absolute atomic E-state index is 12.8. The van der Waals surface area contributed by atoms with Crippen molar-refractivity contribution in [3.8, 4) is 5.69 Å². The first-order valence-electron chi connectivity index (χ1n) is 8.28. The SMILES string of the molecule is O=C(Nc1ccc(-n2ccnc2)cc1)c1ccccc1SCc1cscn1. The molecule has 7 heteroatoms. The van der Waals surface area contributed by atoms with Gasteiger partial charge in [-0.25, -0.2) is 9.97 Å². The molecule has 0 radical (unpaired) electrons. The van der Waals surface area contributed by atoms with Gasteiger partial charge in [-0.05, 0) is 36.4 Å². The quantitative estimate of drug-likeness (QED) is 0.476. The van der Waals surface area contributed by atoms with Crippen molar-refractivity contribution < 1.29 is 4.79 Å². The minimum atomic E-state index is -0.119. The van der Waals surface area contributed by atoms with Gasteiger partial charge in [0.25, 0.3) is 5.91 Å². The second-order valence-corrected chi connectivity index (χ2v) is 7.47. The summed E-state index contributed by atoms with van der Waals surface area (Å²) in [5, 5.41) is 5.00. The molecule has 1 amide bonds. The lowest BCUT2D eigenvalue weighted by Crippen LogP contribution is -2.13. The van der Waals surface area contributed by atoms with E-state index in [1.165, 1.54) is 0 Å². The molecule has 0 spiro atoms. The Morgan fingerprint density at radius 1 is 1.15 bits per heavy atom. The van der Waals surface area contributed by atoms with Crippen LogP contribution in [0.25, 0.3) is 5.69 Å². The molecule has 4 rings (SSSR count). The molecule has 0 bridgehead atoms. The monoisotopic (exact) mass is 392 g/mol. The Morgan fingerprint density at radius 2 is 2.00 bits per heavy atom. The average molecular weight is 393 g/mol. The number of thioether (sulfide) groups is 1. The molecule has 27 heavy (non-hydrogen) atoms. The van der Waals surface area contributed by atoms with Crippen LogP contribution in [0, 0.1) is 0 Å². The van der Waals surface area contributed by atoms with Crippen molar-refractivity contribution in [2.75, 3.05) is 5.32 Å². The van der Waals surface area contributed by atoms with Crippen LogP contribution in [-0.4, -0.2) is 20.4 Å². The molecular weight excluding hydrogens is 376 g/mol. The number of imidazole rings is 1. The first-order valence-corrected chi connectivity index (χ1v) is 10.2. The van der Waals surface area contributed by atoms with Gasteiger partial charge in [-0.2, -0.15) is 0 Å². The fourth-order valence-corrected chi connectivity index (χ4v) is 4.18. The van der Waals surface area contributed by atoms with Crippen molar-refractivity contribution in [2.24, 2.45) is 0 Å². The molecule has 0 saturated heterocycles. The molecule has 2 heterocycles. The first-order chi connectivity index (χ1) is 13.3. The average Bonchev–Trinajstić information content (AvgIpc) is 3.41. The molecule has 4 aromatic rings. The van der Waals surface area contributed by atoms with E-state index in [1.54, 1.807) is 35.6 Å². The highest BCUT2D eigenvalue weighted by molar-refractivity contribution is 7.98. The molecule has 2 aromatic carbocycles. The number of nitrogens with one attached hydrogen (secondary N) is 1. The lowest BCUT2D eigenvalue weighted by atomic mass is 10.2. The molecule has 0 fully saturated rings. The zero-order valence-corrected chi connectivity index (χ0v) is 15.9. The Hall–Kier alpha value is -2.90. The van der Waals surface area contributed by atoms with Crippen LogP contribution in [0.2, 0.25) is 0 Å².